The van der Waals surface area contributed by atoms with Crippen LogP contribution in [0.25, 0.3) is 0 Å². The predicted molar refractivity (Wildman–Crippen MR) is 89.7 cm³/mol. The topological polar surface area (TPSA) is 77.8 Å². The molecule has 7 heteroatoms. The molecule has 0 spiro atoms. The van der Waals surface area contributed by atoms with E-state index in [9.17, 15) is 0 Å². The second-order valence-corrected chi connectivity index (χ2v) is 6.69. The molecule has 1 aliphatic heterocycles. The highest BCUT2D eigenvalue weighted by Crippen LogP contribution is 2.29. The molecule has 7 nitrogen and oxygen atoms in total. The largest absolute Gasteiger partial charge is 0.381 e. The maximum atomic E-state index is 5.45. The fraction of sp³-hybridized carbons (Fsp3) is 0.647. The molecule has 24 heavy (non-hydrogen) atoms. The SMILES string of the molecule is c1nc(NCc2nncn2C2CCCCC2)cc([C@@H]2CCOC2)n1. The Hall–Kier alpha value is -2.02. The van der Waals surface area contributed by atoms with Gasteiger partial charge in [0.2, 0.25) is 0 Å². The molecule has 1 saturated heterocycles. The molecule has 0 amide bonds. The van der Waals surface area contributed by atoms with Gasteiger partial charge in [0, 0.05) is 24.6 Å². The van der Waals surface area contributed by atoms with Gasteiger partial charge in [-0.15, -0.1) is 10.2 Å². The molecule has 4 rings (SSSR count). The monoisotopic (exact) mass is 328 g/mol. The van der Waals surface area contributed by atoms with Crippen molar-refractivity contribution in [2.75, 3.05) is 18.5 Å². The summed E-state index contributed by atoms with van der Waals surface area (Å²) in [5.41, 5.74) is 1.05. The lowest BCUT2D eigenvalue weighted by Gasteiger charge is -2.24. The molecule has 0 bridgehead atoms. The first-order valence-corrected chi connectivity index (χ1v) is 8.92. The van der Waals surface area contributed by atoms with Crippen molar-refractivity contribution >= 4 is 5.82 Å². The van der Waals surface area contributed by atoms with Crippen LogP contribution in [0.4, 0.5) is 5.82 Å². The Morgan fingerprint density at radius 2 is 2.08 bits per heavy atom. The van der Waals surface area contributed by atoms with Crippen LogP contribution in [0.2, 0.25) is 0 Å². The van der Waals surface area contributed by atoms with E-state index in [4.69, 9.17) is 4.74 Å². The van der Waals surface area contributed by atoms with E-state index in [0.29, 0.717) is 18.5 Å². The van der Waals surface area contributed by atoms with Crippen LogP contribution in [0, 0.1) is 0 Å². The average molecular weight is 328 g/mol. The van der Waals surface area contributed by atoms with Crippen LogP contribution < -0.4 is 5.32 Å². The molecule has 0 aromatic carbocycles. The van der Waals surface area contributed by atoms with E-state index < -0.39 is 0 Å². The van der Waals surface area contributed by atoms with E-state index >= 15 is 0 Å². The van der Waals surface area contributed by atoms with Crippen LogP contribution in [0.3, 0.4) is 0 Å². The van der Waals surface area contributed by atoms with Crippen molar-refractivity contribution in [2.45, 2.75) is 57.0 Å². The Morgan fingerprint density at radius 1 is 1.17 bits per heavy atom. The molecule has 3 heterocycles. The number of nitrogens with one attached hydrogen (secondary N) is 1. The van der Waals surface area contributed by atoms with E-state index in [0.717, 1.165) is 37.0 Å². The zero-order chi connectivity index (χ0) is 16.2. The summed E-state index contributed by atoms with van der Waals surface area (Å²) in [4.78, 5) is 8.73. The second kappa shape index (κ2) is 7.25. The van der Waals surface area contributed by atoms with Crippen LogP contribution in [-0.2, 0) is 11.3 Å². The minimum absolute atomic E-state index is 0.388. The average Bonchev–Trinajstić information content (AvgIpc) is 3.33. The highest BCUT2D eigenvalue weighted by Gasteiger charge is 2.20. The molecule has 2 aromatic heterocycles. The van der Waals surface area contributed by atoms with Gasteiger partial charge in [0.15, 0.2) is 5.82 Å². The van der Waals surface area contributed by atoms with Gasteiger partial charge in [0.1, 0.15) is 18.5 Å². The van der Waals surface area contributed by atoms with Gasteiger partial charge in [-0.25, -0.2) is 9.97 Å². The molecule has 0 unspecified atom stereocenters. The Morgan fingerprint density at radius 3 is 2.92 bits per heavy atom. The molecule has 128 valence electrons. The smallest absolute Gasteiger partial charge is 0.152 e. The summed E-state index contributed by atoms with van der Waals surface area (Å²) >= 11 is 0. The third-order valence-electron chi connectivity index (χ3n) is 5.08. The van der Waals surface area contributed by atoms with Gasteiger partial charge in [-0.1, -0.05) is 19.3 Å². The van der Waals surface area contributed by atoms with Crippen LogP contribution >= 0.6 is 0 Å². The van der Waals surface area contributed by atoms with E-state index in [1.54, 1.807) is 6.33 Å². The van der Waals surface area contributed by atoms with Gasteiger partial charge < -0.3 is 14.6 Å². The van der Waals surface area contributed by atoms with Crippen molar-refractivity contribution in [3.63, 3.8) is 0 Å². The fourth-order valence-electron chi connectivity index (χ4n) is 3.69. The lowest BCUT2D eigenvalue weighted by molar-refractivity contribution is 0.193. The summed E-state index contributed by atoms with van der Waals surface area (Å²) in [5, 5.41) is 11.8. The molecule has 2 fully saturated rings. The first-order valence-electron chi connectivity index (χ1n) is 8.92. The Kier molecular flexibility index (Phi) is 4.69. The second-order valence-electron chi connectivity index (χ2n) is 6.69. The maximum absolute atomic E-state index is 5.45. The molecule has 1 aliphatic carbocycles. The molecule has 1 atom stereocenters. The quantitative estimate of drug-likeness (QED) is 0.909. The highest BCUT2D eigenvalue weighted by molar-refractivity contribution is 5.36. The number of hydrogen-bond acceptors (Lipinski definition) is 6. The van der Waals surface area contributed by atoms with E-state index in [1.165, 1.54) is 32.1 Å². The number of ether oxygens (including phenoxy) is 1. The number of nitrogens with zero attached hydrogens (tertiary/aromatic N) is 5. The summed E-state index contributed by atoms with van der Waals surface area (Å²) < 4.78 is 7.69. The Labute approximate surface area is 141 Å². The summed E-state index contributed by atoms with van der Waals surface area (Å²) in [6.45, 7) is 2.21. The third-order valence-corrected chi connectivity index (χ3v) is 5.08. The molecular formula is C17H24N6O. The number of hydrogen-bond donors (Lipinski definition) is 1. The maximum Gasteiger partial charge on any atom is 0.152 e. The number of aromatic nitrogens is 5. The van der Waals surface area contributed by atoms with E-state index in [2.05, 4.69) is 30.0 Å². The van der Waals surface area contributed by atoms with Gasteiger partial charge in [-0.2, -0.15) is 0 Å². The zero-order valence-electron chi connectivity index (χ0n) is 13.9. The minimum atomic E-state index is 0.388. The van der Waals surface area contributed by atoms with Crippen molar-refractivity contribution in [2.24, 2.45) is 0 Å². The first-order chi connectivity index (χ1) is 11.9. The predicted octanol–water partition coefficient (Wildman–Crippen LogP) is 2.69. The van der Waals surface area contributed by atoms with E-state index in [-0.39, 0.29) is 0 Å². The van der Waals surface area contributed by atoms with Crippen LogP contribution in [0.5, 0.6) is 0 Å². The van der Waals surface area contributed by atoms with Crippen LogP contribution in [0.1, 0.15) is 62.0 Å². The van der Waals surface area contributed by atoms with Crippen LogP contribution in [-0.4, -0.2) is 37.9 Å². The standard InChI is InChI=1S/C17H24N6O/c1-2-4-14(5-3-1)23-12-21-22-17(23)9-18-16-8-15(19-11-20-16)13-6-7-24-10-13/h8,11-14H,1-7,9-10H2,(H,18,19,20)/t13-/m1/s1. The molecule has 0 radical (unpaired) electrons. The molecule has 1 N–H and O–H groups in total. The fourth-order valence-corrected chi connectivity index (χ4v) is 3.69. The number of anilines is 1. The van der Waals surface area contributed by atoms with Crippen molar-refractivity contribution in [1.82, 2.24) is 24.7 Å². The van der Waals surface area contributed by atoms with Gasteiger partial charge in [0.05, 0.1) is 18.8 Å². The van der Waals surface area contributed by atoms with Crippen molar-refractivity contribution in [3.05, 3.63) is 30.2 Å². The minimum Gasteiger partial charge on any atom is -0.381 e. The van der Waals surface area contributed by atoms with Gasteiger partial charge in [0.25, 0.3) is 0 Å². The first kappa shape index (κ1) is 15.5. The van der Waals surface area contributed by atoms with Gasteiger partial charge in [-0.3, -0.25) is 0 Å². The van der Waals surface area contributed by atoms with Crippen molar-refractivity contribution < 1.29 is 4.74 Å². The summed E-state index contributed by atoms with van der Waals surface area (Å²) in [6.07, 6.45) is 10.9. The van der Waals surface area contributed by atoms with Crippen molar-refractivity contribution in [1.29, 1.82) is 0 Å². The summed E-state index contributed by atoms with van der Waals surface area (Å²) in [5.74, 6) is 2.20. The third kappa shape index (κ3) is 3.40. The van der Waals surface area contributed by atoms with E-state index in [1.807, 2.05) is 12.4 Å². The summed E-state index contributed by atoms with van der Waals surface area (Å²) in [7, 11) is 0. The van der Waals surface area contributed by atoms with Gasteiger partial charge >= 0.3 is 0 Å². The lowest BCUT2D eigenvalue weighted by Crippen LogP contribution is -2.17. The lowest BCUT2D eigenvalue weighted by atomic mass is 9.95. The Bertz CT molecular complexity index is 661. The summed E-state index contributed by atoms with van der Waals surface area (Å²) in [6, 6.07) is 2.57. The molecule has 1 saturated carbocycles. The molecular weight excluding hydrogens is 304 g/mol. The molecule has 2 aliphatic rings. The highest BCUT2D eigenvalue weighted by atomic mass is 16.5. The number of rotatable bonds is 5. The van der Waals surface area contributed by atoms with Gasteiger partial charge in [-0.05, 0) is 19.3 Å². The normalized spacial score (nSPS) is 21.9. The van der Waals surface area contributed by atoms with Crippen molar-refractivity contribution in [3.8, 4) is 0 Å². The Balaban J connectivity index is 1.42. The zero-order valence-corrected chi connectivity index (χ0v) is 13.9. The van der Waals surface area contributed by atoms with Crippen LogP contribution in [0.15, 0.2) is 18.7 Å². The molecule has 2 aromatic rings.